The molecule has 7 nitrogen and oxygen atoms in total. The maximum absolute atomic E-state index is 4.65. The summed E-state index contributed by atoms with van der Waals surface area (Å²) in [7, 11) is 0. The van der Waals surface area contributed by atoms with E-state index in [9.17, 15) is 0 Å². The van der Waals surface area contributed by atoms with Gasteiger partial charge in [0.25, 0.3) is 0 Å². The molecule has 4 heterocycles. The van der Waals surface area contributed by atoms with Gasteiger partial charge in [0.15, 0.2) is 0 Å². The summed E-state index contributed by atoms with van der Waals surface area (Å²) in [5, 5.41) is 5.35. The van der Waals surface area contributed by atoms with Crippen molar-refractivity contribution in [2.24, 2.45) is 0 Å². The lowest BCUT2D eigenvalue weighted by Gasteiger charge is -2.32. The van der Waals surface area contributed by atoms with Crippen LogP contribution in [0.5, 0.6) is 0 Å². The molecule has 3 aromatic heterocycles. The average molecular weight is 369 g/mol. The number of anilines is 2. The standard InChI is InChI=1S/C18H23N7S/c1-2-19-16-5-6-21-18(23-16)25-8-3-4-14(10-25)17-20-7-9-24(17)11-15-12-26-13-22-15/h5-7,9,12-14H,2-4,8,10-11H2,1H3,(H,19,21,23)/t14-/m0/s1. The Hall–Kier alpha value is -2.48. The second-order valence-electron chi connectivity index (χ2n) is 6.45. The molecule has 0 aromatic carbocycles. The van der Waals surface area contributed by atoms with E-state index in [-0.39, 0.29) is 0 Å². The quantitative estimate of drug-likeness (QED) is 0.720. The van der Waals surface area contributed by atoms with Gasteiger partial charge in [-0.3, -0.25) is 0 Å². The van der Waals surface area contributed by atoms with Crippen molar-refractivity contribution in [2.45, 2.75) is 32.2 Å². The number of imidazole rings is 1. The lowest BCUT2D eigenvalue weighted by Crippen LogP contribution is -2.36. The Kier molecular flexibility index (Phi) is 5.10. The molecule has 8 heteroatoms. The van der Waals surface area contributed by atoms with Crippen LogP contribution in [0.15, 0.2) is 35.5 Å². The molecule has 0 spiro atoms. The van der Waals surface area contributed by atoms with Gasteiger partial charge < -0.3 is 14.8 Å². The van der Waals surface area contributed by atoms with Crippen LogP contribution in [-0.2, 0) is 6.54 Å². The van der Waals surface area contributed by atoms with Crippen LogP contribution in [0.25, 0.3) is 0 Å². The van der Waals surface area contributed by atoms with Crippen LogP contribution < -0.4 is 10.2 Å². The number of nitrogens with one attached hydrogen (secondary N) is 1. The molecule has 0 bridgehead atoms. The first-order valence-corrected chi connectivity index (χ1v) is 9.97. The van der Waals surface area contributed by atoms with Crippen LogP contribution in [-0.4, -0.2) is 44.1 Å². The first kappa shape index (κ1) is 17.0. The Bertz CT molecular complexity index is 830. The summed E-state index contributed by atoms with van der Waals surface area (Å²) in [5.74, 6) is 3.18. The van der Waals surface area contributed by atoms with Crippen molar-refractivity contribution in [3.63, 3.8) is 0 Å². The molecule has 4 rings (SSSR count). The Balaban J connectivity index is 1.51. The summed E-state index contributed by atoms with van der Waals surface area (Å²) in [4.78, 5) is 20.5. The van der Waals surface area contributed by atoms with Crippen molar-refractivity contribution >= 4 is 23.1 Å². The maximum atomic E-state index is 4.65. The summed E-state index contributed by atoms with van der Waals surface area (Å²) >= 11 is 1.63. The fourth-order valence-electron chi connectivity index (χ4n) is 3.45. The lowest BCUT2D eigenvalue weighted by atomic mass is 9.97. The van der Waals surface area contributed by atoms with Crippen LogP contribution >= 0.6 is 11.3 Å². The smallest absolute Gasteiger partial charge is 0.227 e. The third-order valence-corrected chi connectivity index (χ3v) is 5.27. The zero-order chi connectivity index (χ0) is 17.8. The highest BCUT2D eigenvalue weighted by Crippen LogP contribution is 2.28. The molecular weight excluding hydrogens is 346 g/mol. The van der Waals surface area contributed by atoms with Gasteiger partial charge in [-0.15, -0.1) is 11.3 Å². The topological polar surface area (TPSA) is 71.8 Å². The number of aromatic nitrogens is 5. The van der Waals surface area contributed by atoms with Crippen LogP contribution in [0.1, 0.15) is 37.2 Å². The largest absolute Gasteiger partial charge is 0.370 e. The Morgan fingerprint density at radius 3 is 3.08 bits per heavy atom. The van der Waals surface area contributed by atoms with Gasteiger partial charge in [-0.05, 0) is 25.8 Å². The number of hydrogen-bond acceptors (Lipinski definition) is 7. The van der Waals surface area contributed by atoms with Crippen LogP contribution in [0, 0.1) is 0 Å². The highest BCUT2D eigenvalue weighted by Gasteiger charge is 2.26. The van der Waals surface area contributed by atoms with Crippen molar-refractivity contribution in [3.05, 3.63) is 47.1 Å². The molecule has 1 N–H and O–H groups in total. The zero-order valence-corrected chi connectivity index (χ0v) is 15.7. The second kappa shape index (κ2) is 7.82. The molecule has 136 valence electrons. The van der Waals surface area contributed by atoms with Crippen molar-refractivity contribution in [1.82, 2.24) is 24.5 Å². The predicted octanol–water partition coefficient (Wildman–Crippen LogP) is 2.99. The van der Waals surface area contributed by atoms with E-state index >= 15 is 0 Å². The molecule has 3 aromatic rings. The van der Waals surface area contributed by atoms with Crippen LogP contribution in [0.4, 0.5) is 11.8 Å². The lowest BCUT2D eigenvalue weighted by molar-refractivity contribution is 0.471. The number of piperidine rings is 1. The zero-order valence-electron chi connectivity index (χ0n) is 14.9. The van der Waals surface area contributed by atoms with Gasteiger partial charge >= 0.3 is 0 Å². The van der Waals surface area contributed by atoms with Gasteiger partial charge in [-0.2, -0.15) is 4.98 Å². The summed E-state index contributed by atoms with van der Waals surface area (Å²) in [6.07, 6.45) is 8.02. The molecule has 0 saturated carbocycles. The fourth-order valence-corrected chi connectivity index (χ4v) is 4.00. The van der Waals surface area contributed by atoms with E-state index in [1.54, 1.807) is 11.3 Å². The van der Waals surface area contributed by atoms with E-state index in [4.69, 9.17) is 0 Å². The molecular formula is C18H23N7S. The van der Waals surface area contributed by atoms with E-state index < -0.39 is 0 Å². The van der Waals surface area contributed by atoms with E-state index in [0.717, 1.165) is 62.3 Å². The number of nitrogens with zero attached hydrogens (tertiary/aromatic N) is 6. The Morgan fingerprint density at radius 2 is 2.23 bits per heavy atom. The third kappa shape index (κ3) is 3.70. The molecule has 1 saturated heterocycles. The minimum Gasteiger partial charge on any atom is -0.370 e. The first-order chi connectivity index (χ1) is 12.8. The predicted molar refractivity (Wildman–Crippen MR) is 104 cm³/mol. The van der Waals surface area contributed by atoms with Gasteiger partial charge in [-0.25, -0.2) is 15.0 Å². The van der Waals surface area contributed by atoms with Crippen LogP contribution in [0.3, 0.4) is 0 Å². The van der Waals surface area contributed by atoms with Gasteiger partial charge in [0.05, 0.1) is 17.7 Å². The average Bonchev–Trinajstić information content (AvgIpc) is 3.35. The molecule has 1 aliphatic rings. The minimum absolute atomic E-state index is 0.378. The van der Waals surface area contributed by atoms with Gasteiger partial charge in [0.2, 0.25) is 5.95 Å². The normalized spacial score (nSPS) is 17.4. The Labute approximate surface area is 157 Å². The van der Waals surface area contributed by atoms with E-state index in [1.807, 2.05) is 24.0 Å². The highest BCUT2D eigenvalue weighted by molar-refractivity contribution is 7.07. The summed E-state index contributed by atoms with van der Waals surface area (Å²) in [6.45, 7) is 5.58. The fraction of sp³-hybridized carbons (Fsp3) is 0.444. The third-order valence-electron chi connectivity index (χ3n) is 4.63. The SMILES string of the molecule is CCNc1ccnc(N2CCC[C@H](c3nccn3Cc3cscn3)C2)n1. The Morgan fingerprint density at radius 1 is 1.27 bits per heavy atom. The number of thiazole rings is 1. The number of hydrogen-bond donors (Lipinski definition) is 1. The molecule has 0 unspecified atom stereocenters. The van der Waals surface area contributed by atoms with E-state index in [1.165, 1.54) is 0 Å². The van der Waals surface area contributed by atoms with Crippen molar-refractivity contribution in [1.29, 1.82) is 0 Å². The molecule has 1 atom stereocenters. The molecule has 1 aliphatic heterocycles. The monoisotopic (exact) mass is 369 g/mol. The first-order valence-electron chi connectivity index (χ1n) is 9.03. The molecule has 26 heavy (non-hydrogen) atoms. The second-order valence-corrected chi connectivity index (χ2v) is 7.17. The van der Waals surface area contributed by atoms with Crippen LogP contribution in [0.2, 0.25) is 0 Å². The van der Waals surface area contributed by atoms with Gasteiger partial charge in [0.1, 0.15) is 11.6 Å². The summed E-state index contributed by atoms with van der Waals surface area (Å²) in [5.41, 5.74) is 2.96. The maximum Gasteiger partial charge on any atom is 0.227 e. The molecule has 1 fully saturated rings. The van der Waals surface area contributed by atoms with E-state index in [2.05, 4.69) is 53.2 Å². The number of rotatable bonds is 6. The van der Waals surface area contributed by atoms with Gasteiger partial charge in [0, 0.05) is 49.5 Å². The molecule has 0 radical (unpaired) electrons. The van der Waals surface area contributed by atoms with Crippen molar-refractivity contribution in [2.75, 3.05) is 29.9 Å². The van der Waals surface area contributed by atoms with Crippen molar-refractivity contribution in [3.8, 4) is 0 Å². The summed E-state index contributed by atoms with van der Waals surface area (Å²) < 4.78 is 2.22. The van der Waals surface area contributed by atoms with Crippen molar-refractivity contribution < 1.29 is 0 Å². The minimum atomic E-state index is 0.378. The van der Waals surface area contributed by atoms with E-state index in [0.29, 0.717) is 5.92 Å². The summed E-state index contributed by atoms with van der Waals surface area (Å²) in [6, 6.07) is 1.91. The van der Waals surface area contributed by atoms with Gasteiger partial charge in [-0.1, -0.05) is 0 Å². The molecule has 0 aliphatic carbocycles. The highest BCUT2D eigenvalue weighted by atomic mass is 32.1. The molecule has 0 amide bonds.